The van der Waals surface area contributed by atoms with Crippen LogP contribution in [0.2, 0.25) is 10.0 Å². The zero-order chi connectivity index (χ0) is 26.2. The van der Waals surface area contributed by atoms with Gasteiger partial charge >= 0.3 is 11.8 Å². The molecule has 0 bridgehead atoms. The van der Waals surface area contributed by atoms with E-state index in [2.05, 4.69) is 15.8 Å². The molecule has 0 fully saturated rings. The summed E-state index contributed by atoms with van der Waals surface area (Å²) in [6, 6.07) is 15.8. The summed E-state index contributed by atoms with van der Waals surface area (Å²) in [5.41, 5.74) is 4.39. The number of benzene rings is 3. The fourth-order valence-electron chi connectivity index (χ4n) is 3.33. The maximum absolute atomic E-state index is 12.1. The van der Waals surface area contributed by atoms with Gasteiger partial charge in [0.05, 0.1) is 17.8 Å². The van der Waals surface area contributed by atoms with Gasteiger partial charge in [-0.25, -0.2) is 5.43 Å². The molecule has 3 aromatic carbocycles. The number of hydrogen-bond donors (Lipinski definition) is 2. The Morgan fingerprint density at radius 3 is 2.51 bits per heavy atom. The van der Waals surface area contributed by atoms with Crippen molar-refractivity contribution < 1.29 is 28.5 Å². The van der Waals surface area contributed by atoms with Crippen molar-refractivity contribution in [1.82, 2.24) is 10.7 Å². The first-order chi connectivity index (χ1) is 17.9. The maximum Gasteiger partial charge on any atom is 0.329 e. The third kappa shape index (κ3) is 7.05. The number of rotatable bonds is 9. The number of hydrogen-bond acceptors (Lipinski definition) is 7. The molecule has 0 saturated heterocycles. The molecule has 0 saturated carbocycles. The van der Waals surface area contributed by atoms with Gasteiger partial charge in [0.15, 0.2) is 23.0 Å². The Kier molecular flexibility index (Phi) is 8.71. The Bertz CT molecular complexity index is 1310. The standard InChI is InChI=1S/C26H23Cl2N3O6/c1-2-34-23-11-18(9-20(28)24(23)35-14-16-3-6-19(27)7-4-16)13-30-31-26(33)25(32)29-12-17-5-8-21-22(10-17)37-15-36-21/h3-11,13H,2,12,14-15H2,1H3,(H,29,32)(H,31,33)/b30-13-. The van der Waals surface area contributed by atoms with Crippen molar-refractivity contribution in [3.63, 3.8) is 0 Å². The largest absolute Gasteiger partial charge is 0.490 e. The lowest BCUT2D eigenvalue weighted by atomic mass is 10.2. The molecule has 1 aliphatic heterocycles. The molecule has 0 aromatic heterocycles. The quantitative estimate of drug-likeness (QED) is 0.234. The van der Waals surface area contributed by atoms with Crippen LogP contribution < -0.4 is 29.7 Å². The average Bonchev–Trinajstić information content (AvgIpc) is 3.36. The Morgan fingerprint density at radius 2 is 1.73 bits per heavy atom. The van der Waals surface area contributed by atoms with E-state index >= 15 is 0 Å². The van der Waals surface area contributed by atoms with Crippen LogP contribution in [-0.2, 0) is 22.7 Å². The number of nitrogens with one attached hydrogen (secondary N) is 2. The van der Waals surface area contributed by atoms with Crippen molar-refractivity contribution in [3.05, 3.63) is 81.3 Å². The minimum absolute atomic E-state index is 0.136. The van der Waals surface area contributed by atoms with Gasteiger partial charge in [-0.2, -0.15) is 5.10 Å². The Balaban J connectivity index is 1.33. The van der Waals surface area contributed by atoms with Gasteiger partial charge in [0.25, 0.3) is 0 Å². The first-order valence-corrected chi connectivity index (χ1v) is 12.0. The second kappa shape index (κ2) is 12.3. The van der Waals surface area contributed by atoms with Crippen LogP contribution in [-0.4, -0.2) is 31.4 Å². The fraction of sp³-hybridized carbons (Fsp3) is 0.192. The first kappa shape index (κ1) is 26.1. The number of carbonyl (C=O) groups excluding carboxylic acids is 2. The van der Waals surface area contributed by atoms with Crippen LogP contribution in [0.3, 0.4) is 0 Å². The lowest BCUT2D eigenvalue weighted by Gasteiger charge is -2.14. The van der Waals surface area contributed by atoms with Gasteiger partial charge in [0, 0.05) is 11.6 Å². The van der Waals surface area contributed by atoms with Crippen LogP contribution in [0.1, 0.15) is 23.6 Å². The smallest absolute Gasteiger partial charge is 0.329 e. The third-order valence-electron chi connectivity index (χ3n) is 5.10. The van der Waals surface area contributed by atoms with E-state index < -0.39 is 11.8 Å². The van der Waals surface area contributed by atoms with Crippen molar-refractivity contribution in [3.8, 4) is 23.0 Å². The van der Waals surface area contributed by atoms with Gasteiger partial charge in [-0.1, -0.05) is 41.4 Å². The predicted octanol–water partition coefficient (Wildman–Crippen LogP) is 4.47. The summed E-state index contributed by atoms with van der Waals surface area (Å²) in [4.78, 5) is 24.2. The highest BCUT2D eigenvalue weighted by Crippen LogP contribution is 2.37. The molecule has 11 heteroatoms. The summed E-state index contributed by atoms with van der Waals surface area (Å²) < 4.78 is 22.1. The van der Waals surface area contributed by atoms with E-state index in [1.54, 1.807) is 42.5 Å². The normalized spacial score (nSPS) is 11.9. The van der Waals surface area contributed by atoms with Crippen LogP contribution in [0.15, 0.2) is 59.7 Å². The summed E-state index contributed by atoms with van der Waals surface area (Å²) in [7, 11) is 0. The number of hydrazone groups is 1. The topological polar surface area (TPSA) is 107 Å². The predicted molar refractivity (Wildman–Crippen MR) is 139 cm³/mol. The van der Waals surface area contributed by atoms with Crippen LogP contribution in [0.25, 0.3) is 0 Å². The zero-order valence-electron chi connectivity index (χ0n) is 19.8. The Hall–Kier alpha value is -3.95. The second-order valence-corrected chi connectivity index (χ2v) is 8.59. The third-order valence-corrected chi connectivity index (χ3v) is 5.64. The summed E-state index contributed by atoms with van der Waals surface area (Å²) in [5.74, 6) is 0.258. The minimum Gasteiger partial charge on any atom is -0.490 e. The molecule has 2 N–H and O–H groups in total. The molecule has 0 spiro atoms. The summed E-state index contributed by atoms with van der Waals surface area (Å²) in [6.07, 6.45) is 1.35. The minimum atomic E-state index is -0.920. The summed E-state index contributed by atoms with van der Waals surface area (Å²) in [6.45, 7) is 2.77. The molecule has 192 valence electrons. The number of carbonyl (C=O) groups is 2. The molecule has 1 heterocycles. The van der Waals surface area contributed by atoms with Crippen molar-refractivity contribution in [2.75, 3.05) is 13.4 Å². The van der Waals surface area contributed by atoms with Gasteiger partial charge in [0.2, 0.25) is 6.79 Å². The number of fused-ring (bicyclic) bond motifs is 1. The van der Waals surface area contributed by atoms with Crippen LogP contribution >= 0.6 is 23.2 Å². The summed E-state index contributed by atoms with van der Waals surface area (Å²) >= 11 is 12.4. The van der Waals surface area contributed by atoms with E-state index in [-0.39, 0.29) is 19.9 Å². The number of halogens is 2. The van der Waals surface area contributed by atoms with E-state index in [9.17, 15) is 9.59 Å². The van der Waals surface area contributed by atoms with Gasteiger partial charge in [-0.15, -0.1) is 0 Å². The van der Waals surface area contributed by atoms with Crippen LogP contribution in [0, 0.1) is 0 Å². The van der Waals surface area contributed by atoms with Crippen molar-refractivity contribution >= 4 is 41.2 Å². The van der Waals surface area contributed by atoms with Crippen LogP contribution in [0.4, 0.5) is 0 Å². The SMILES string of the molecule is CCOc1cc(/C=N\NC(=O)C(=O)NCc2ccc3c(c2)OCO3)cc(Cl)c1OCc1ccc(Cl)cc1. The zero-order valence-corrected chi connectivity index (χ0v) is 21.3. The number of nitrogens with zero attached hydrogens (tertiary/aromatic N) is 1. The molecular formula is C26H23Cl2N3O6. The molecule has 0 atom stereocenters. The Labute approximate surface area is 223 Å². The van der Waals surface area contributed by atoms with E-state index in [1.165, 1.54) is 6.21 Å². The lowest BCUT2D eigenvalue weighted by Crippen LogP contribution is -2.37. The molecule has 0 radical (unpaired) electrons. The van der Waals surface area contributed by atoms with E-state index in [0.29, 0.717) is 45.2 Å². The van der Waals surface area contributed by atoms with E-state index in [0.717, 1.165) is 11.1 Å². The molecule has 37 heavy (non-hydrogen) atoms. The molecule has 1 aliphatic rings. The highest BCUT2D eigenvalue weighted by molar-refractivity contribution is 6.35. The first-order valence-electron chi connectivity index (χ1n) is 11.3. The molecule has 4 rings (SSSR count). The Morgan fingerprint density at radius 1 is 0.973 bits per heavy atom. The van der Waals surface area contributed by atoms with Gasteiger partial charge in [0.1, 0.15) is 6.61 Å². The summed E-state index contributed by atoms with van der Waals surface area (Å²) in [5, 5.41) is 7.31. The van der Waals surface area contributed by atoms with Crippen molar-refractivity contribution in [2.45, 2.75) is 20.1 Å². The van der Waals surface area contributed by atoms with Gasteiger partial charge in [-0.3, -0.25) is 9.59 Å². The molecule has 9 nitrogen and oxygen atoms in total. The fourth-order valence-corrected chi connectivity index (χ4v) is 3.73. The molecule has 0 unspecified atom stereocenters. The molecule has 2 amide bonds. The van der Waals surface area contributed by atoms with Gasteiger partial charge in [-0.05, 0) is 60.0 Å². The molecule has 3 aromatic rings. The van der Waals surface area contributed by atoms with Crippen molar-refractivity contribution in [1.29, 1.82) is 0 Å². The number of amides is 2. The van der Waals surface area contributed by atoms with E-state index in [4.69, 9.17) is 42.1 Å². The van der Waals surface area contributed by atoms with Crippen LogP contribution in [0.5, 0.6) is 23.0 Å². The molecular weight excluding hydrogens is 521 g/mol. The highest BCUT2D eigenvalue weighted by atomic mass is 35.5. The van der Waals surface area contributed by atoms with Crippen molar-refractivity contribution in [2.24, 2.45) is 5.10 Å². The lowest BCUT2D eigenvalue weighted by molar-refractivity contribution is -0.139. The molecule has 0 aliphatic carbocycles. The monoisotopic (exact) mass is 543 g/mol. The van der Waals surface area contributed by atoms with E-state index in [1.807, 2.05) is 19.1 Å². The maximum atomic E-state index is 12.1. The number of ether oxygens (including phenoxy) is 4. The second-order valence-electron chi connectivity index (χ2n) is 7.75. The highest BCUT2D eigenvalue weighted by Gasteiger charge is 2.16. The van der Waals surface area contributed by atoms with Gasteiger partial charge < -0.3 is 24.3 Å². The average molecular weight is 544 g/mol.